The largest absolute Gasteiger partial charge is 0.396 e. The summed E-state index contributed by atoms with van der Waals surface area (Å²) >= 11 is 0. The average Bonchev–Trinajstić information content (AvgIpc) is 2.38. The van der Waals surface area contributed by atoms with Crippen LogP contribution in [0.3, 0.4) is 0 Å². The lowest BCUT2D eigenvalue weighted by Gasteiger charge is -2.54. The van der Waals surface area contributed by atoms with E-state index in [9.17, 15) is 4.79 Å². The molecule has 2 nitrogen and oxygen atoms in total. The van der Waals surface area contributed by atoms with Crippen molar-refractivity contribution in [3.05, 3.63) is 11.6 Å². The van der Waals surface area contributed by atoms with Gasteiger partial charge in [0.05, 0.1) is 0 Å². The topological polar surface area (TPSA) is 37.3 Å². The van der Waals surface area contributed by atoms with Crippen molar-refractivity contribution < 1.29 is 9.90 Å². The summed E-state index contributed by atoms with van der Waals surface area (Å²) in [6.45, 7) is 9.56. The SMILES string of the molecule is C[C@@H](CCO)CCC1=CC(=O)C[C@H]2C(C)(C)CCC[C@]12C. The number of carbonyl (C=O) groups is 1. The second kappa shape index (κ2) is 6.24. The molecule has 0 aromatic heterocycles. The molecule has 1 saturated carbocycles. The van der Waals surface area contributed by atoms with E-state index in [4.69, 9.17) is 5.11 Å². The third kappa shape index (κ3) is 3.41. The zero-order valence-corrected chi connectivity index (χ0v) is 14.2. The summed E-state index contributed by atoms with van der Waals surface area (Å²) < 4.78 is 0. The van der Waals surface area contributed by atoms with Crippen LogP contribution in [0, 0.1) is 22.7 Å². The Morgan fingerprint density at radius 2 is 2.00 bits per heavy atom. The van der Waals surface area contributed by atoms with Crippen LogP contribution in [0.5, 0.6) is 0 Å². The van der Waals surface area contributed by atoms with Gasteiger partial charge < -0.3 is 5.11 Å². The second-order valence-corrected chi connectivity index (χ2v) is 8.31. The van der Waals surface area contributed by atoms with Gasteiger partial charge in [0.2, 0.25) is 0 Å². The smallest absolute Gasteiger partial charge is 0.155 e. The molecule has 0 unspecified atom stereocenters. The average molecular weight is 292 g/mol. The van der Waals surface area contributed by atoms with Crippen molar-refractivity contribution in [1.29, 1.82) is 0 Å². The van der Waals surface area contributed by atoms with Gasteiger partial charge in [0, 0.05) is 13.0 Å². The van der Waals surface area contributed by atoms with E-state index >= 15 is 0 Å². The minimum absolute atomic E-state index is 0.217. The van der Waals surface area contributed by atoms with Gasteiger partial charge in [-0.2, -0.15) is 0 Å². The van der Waals surface area contributed by atoms with Crippen LogP contribution >= 0.6 is 0 Å². The van der Waals surface area contributed by atoms with E-state index in [-0.39, 0.29) is 17.4 Å². The van der Waals surface area contributed by atoms with E-state index in [0.717, 1.165) is 25.7 Å². The maximum Gasteiger partial charge on any atom is 0.155 e. The van der Waals surface area contributed by atoms with Crippen LogP contribution in [0.4, 0.5) is 0 Å². The molecule has 2 aliphatic rings. The molecule has 2 rings (SSSR count). The quantitative estimate of drug-likeness (QED) is 0.809. The molecule has 0 aromatic rings. The highest BCUT2D eigenvalue weighted by atomic mass is 16.3. The molecule has 1 fully saturated rings. The number of hydrogen-bond acceptors (Lipinski definition) is 2. The number of rotatable bonds is 5. The van der Waals surface area contributed by atoms with Crippen LogP contribution in [0.2, 0.25) is 0 Å². The number of carbonyl (C=O) groups excluding carboxylic acids is 1. The molecule has 2 heteroatoms. The lowest BCUT2D eigenvalue weighted by atomic mass is 9.50. The van der Waals surface area contributed by atoms with Gasteiger partial charge in [0.1, 0.15) is 0 Å². The highest BCUT2D eigenvalue weighted by Crippen LogP contribution is 2.58. The minimum Gasteiger partial charge on any atom is -0.396 e. The first-order chi connectivity index (χ1) is 9.79. The summed E-state index contributed by atoms with van der Waals surface area (Å²) in [5.41, 5.74) is 1.88. The number of aliphatic hydroxyl groups excluding tert-OH is 1. The summed E-state index contributed by atoms with van der Waals surface area (Å²) in [7, 11) is 0. The van der Waals surface area contributed by atoms with E-state index in [2.05, 4.69) is 27.7 Å². The van der Waals surface area contributed by atoms with Gasteiger partial charge in [-0.25, -0.2) is 0 Å². The molecule has 1 N–H and O–H groups in total. The monoisotopic (exact) mass is 292 g/mol. The fourth-order valence-electron chi connectivity index (χ4n) is 4.75. The van der Waals surface area contributed by atoms with Crippen LogP contribution < -0.4 is 0 Å². The second-order valence-electron chi connectivity index (χ2n) is 8.31. The molecule has 0 amide bonds. The predicted octanol–water partition coefficient (Wildman–Crippen LogP) is 4.52. The van der Waals surface area contributed by atoms with E-state index in [0.29, 0.717) is 17.6 Å². The Labute approximate surface area is 130 Å². The Hall–Kier alpha value is -0.630. The van der Waals surface area contributed by atoms with Crippen molar-refractivity contribution in [3.8, 4) is 0 Å². The lowest BCUT2D eigenvalue weighted by molar-refractivity contribution is -0.120. The molecular formula is C19H32O2. The van der Waals surface area contributed by atoms with E-state index in [1.54, 1.807) is 0 Å². The molecule has 3 atom stereocenters. The Kier molecular flexibility index (Phi) is 4.97. The maximum atomic E-state index is 12.2. The molecule has 0 radical (unpaired) electrons. The van der Waals surface area contributed by atoms with Crippen molar-refractivity contribution in [3.63, 3.8) is 0 Å². The molecule has 0 bridgehead atoms. The van der Waals surface area contributed by atoms with E-state index in [1.807, 2.05) is 6.08 Å². The number of fused-ring (bicyclic) bond motifs is 1. The van der Waals surface area contributed by atoms with E-state index < -0.39 is 0 Å². The predicted molar refractivity (Wildman–Crippen MR) is 87.0 cm³/mol. The first-order valence-electron chi connectivity index (χ1n) is 8.64. The molecule has 120 valence electrons. The van der Waals surface area contributed by atoms with Crippen molar-refractivity contribution >= 4 is 5.78 Å². The van der Waals surface area contributed by atoms with Crippen LogP contribution in [0.15, 0.2) is 11.6 Å². The summed E-state index contributed by atoms with van der Waals surface area (Å²) in [5.74, 6) is 1.36. The molecule has 21 heavy (non-hydrogen) atoms. The minimum atomic E-state index is 0.217. The normalized spacial score (nSPS) is 33.3. The van der Waals surface area contributed by atoms with Crippen LogP contribution in [-0.4, -0.2) is 17.5 Å². The van der Waals surface area contributed by atoms with Crippen LogP contribution in [0.1, 0.15) is 72.6 Å². The Balaban J connectivity index is 2.17. The number of ketones is 1. The fourth-order valence-corrected chi connectivity index (χ4v) is 4.75. The lowest BCUT2D eigenvalue weighted by Crippen LogP contribution is -2.46. The number of aliphatic hydroxyl groups is 1. The highest BCUT2D eigenvalue weighted by molar-refractivity contribution is 5.92. The van der Waals surface area contributed by atoms with Crippen LogP contribution in [0.25, 0.3) is 0 Å². The maximum absolute atomic E-state index is 12.2. The zero-order chi connectivity index (χ0) is 15.7. The number of allylic oxidation sites excluding steroid dienone is 2. The summed E-state index contributed by atoms with van der Waals surface area (Å²) in [6, 6.07) is 0. The highest BCUT2D eigenvalue weighted by Gasteiger charge is 2.50. The zero-order valence-electron chi connectivity index (χ0n) is 14.2. The summed E-state index contributed by atoms with van der Waals surface area (Å²) in [5, 5.41) is 9.05. The first kappa shape index (κ1) is 16.7. The summed E-state index contributed by atoms with van der Waals surface area (Å²) in [4.78, 5) is 12.2. The molecular weight excluding hydrogens is 260 g/mol. The standard InChI is InChI=1S/C19H32O2/c1-14(8-11-20)6-7-15-12-16(21)13-17-18(2,3)9-5-10-19(15,17)4/h12,14,17,20H,5-11,13H2,1-4H3/t14-,17+,19-/m1/s1. The van der Waals surface area contributed by atoms with Gasteiger partial charge >= 0.3 is 0 Å². The van der Waals surface area contributed by atoms with E-state index in [1.165, 1.54) is 24.8 Å². The Bertz CT molecular complexity index is 421. The third-order valence-electron chi connectivity index (χ3n) is 6.23. The molecule has 0 heterocycles. The molecule has 0 saturated heterocycles. The molecule has 0 aliphatic heterocycles. The van der Waals surface area contributed by atoms with Gasteiger partial charge in [0.25, 0.3) is 0 Å². The fraction of sp³-hybridized carbons (Fsp3) is 0.842. The van der Waals surface area contributed by atoms with Gasteiger partial charge in [-0.15, -0.1) is 0 Å². The Morgan fingerprint density at radius 1 is 1.29 bits per heavy atom. The first-order valence-corrected chi connectivity index (χ1v) is 8.64. The third-order valence-corrected chi connectivity index (χ3v) is 6.23. The molecule has 2 aliphatic carbocycles. The van der Waals surface area contributed by atoms with Crippen molar-refractivity contribution in [2.45, 2.75) is 72.6 Å². The van der Waals surface area contributed by atoms with Crippen molar-refractivity contribution in [1.82, 2.24) is 0 Å². The van der Waals surface area contributed by atoms with Crippen LogP contribution in [-0.2, 0) is 4.79 Å². The number of hydrogen-bond donors (Lipinski definition) is 1. The van der Waals surface area contributed by atoms with Crippen molar-refractivity contribution in [2.24, 2.45) is 22.7 Å². The van der Waals surface area contributed by atoms with Gasteiger partial charge in [-0.05, 0) is 60.8 Å². The van der Waals surface area contributed by atoms with Gasteiger partial charge in [-0.1, -0.05) is 39.7 Å². The van der Waals surface area contributed by atoms with Gasteiger partial charge in [-0.3, -0.25) is 4.79 Å². The molecule has 0 spiro atoms. The Morgan fingerprint density at radius 3 is 2.67 bits per heavy atom. The molecule has 0 aromatic carbocycles. The van der Waals surface area contributed by atoms with Gasteiger partial charge in [0.15, 0.2) is 5.78 Å². The summed E-state index contributed by atoms with van der Waals surface area (Å²) in [6.07, 6.45) is 9.43. The van der Waals surface area contributed by atoms with Crippen molar-refractivity contribution in [2.75, 3.05) is 6.61 Å².